The molecule has 0 bridgehead atoms. The molecule has 0 spiro atoms. The van der Waals surface area contributed by atoms with Gasteiger partial charge in [0.25, 0.3) is 0 Å². The molecule has 0 aromatic heterocycles. The Labute approximate surface area is 251 Å². The van der Waals surface area contributed by atoms with E-state index in [0.29, 0.717) is 34.1 Å². The summed E-state index contributed by atoms with van der Waals surface area (Å²) in [5.74, 6) is 1.85. The fourth-order valence-corrected chi connectivity index (χ4v) is 4.85. The van der Waals surface area contributed by atoms with Gasteiger partial charge in [-0.15, -0.1) is 0 Å². The summed E-state index contributed by atoms with van der Waals surface area (Å²) in [5.41, 5.74) is 5.22. The van der Waals surface area contributed by atoms with E-state index in [1.807, 2.05) is 50.3 Å². The number of hydrogen-bond donors (Lipinski definition) is 0. The summed E-state index contributed by atoms with van der Waals surface area (Å²) < 4.78 is 32.2. The highest BCUT2D eigenvalue weighted by Gasteiger charge is 2.27. The van der Waals surface area contributed by atoms with E-state index in [1.165, 1.54) is 0 Å². The lowest BCUT2D eigenvalue weighted by molar-refractivity contribution is -0.130. The predicted octanol–water partition coefficient (Wildman–Crippen LogP) is 5.73. The van der Waals surface area contributed by atoms with E-state index in [0.717, 1.165) is 22.3 Å². The first-order valence-corrected chi connectivity index (χ1v) is 13.7. The highest BCUT2D eigenvalue weighted by molar-refractivity contribution is 6.12. The Balaban J connectivity index is 1.03. The molecule has 4 aliphatic rings. The largest absolute Gasteiger partial charge is 0.454 e. The van der Waals surface area contributed by atoms with Gasteiger partial charge in [0, 0.05) is 11.1 Å². The zero-order chi connectivity index (χ0) is 30.2. The van der Waals surface area contributed by atoms with Gasteiger partial charge < -0.3 is 28.4 Å². The van der Waals surface area contributed by atoms with Crippen LogP contribution in [0.15, 0.2) is 105 Å². The minimum Gasteiger partial charge on any atom is -0.454 e. The predicted molar refractivity (Wildman–Crippen MR) is 160 cm³/mol. The van der Waals surface area contributed by atoms with Crippen LogP contribution in [0.1, 0.15) is 36.1 Å². The first-order chi connectivity index (χ1) is 21.4. The van der Waals surface area contributed by atoms with E-state index in [1.54, 1.807) is 48.6 Å². The molecule has 0 saturated heterocycles. The van der Waals surface area contributed by atoms with E-state index in [2.05, 4.69) is 9.98 Å². The molecule has 0 saturated carbocycles. The Morgan fingerprint density at radius 2 is 1.00 bits per heavy atom. The lowest BCUT2D eigenvalue weighted by Gasteiger charge is -2.01. The molecule has 10 heteroatoms. The number of ether oxygens (including phenoxy) is 6. The third-order valence-electron chi connectivity index (χ3n) is 6.93. The van der Waals surface area contributed by atoms with Crippen molar-refractivity contribution in [2.24, 2.45) is 9.98 Å². The molecule has 0 fully saturated rings. The number of carbonyl (C=O) groups is 2. The summed E-state index contributed by atoms with van der Waals surface area (Å²) in [6.07, 6.45) is 7.26. The minimum atomic E-state index is -0.519. The van der Waals surface area contributed by atoms with E-state index >= 15 is 0 Å². The molecule has 7 rings (SSSR count). The van der Waals surface area contributed by atoms with Crippen LogP contribution in [0, 0.1) is 0 Å². The molecule has 44 heavy (non-hydrogen) atoms. The fraction of sp³-hybridized carbons (Fsp3) is 0.118. The molecule has 218 valence electrons. The lowest BCUT2D eigenvalue weighted by Crippen LogP contribution is -2.05. The number of fused-ring (bicyclic) bond motifs is 2. The van der Waals surface area contributed by atoms with Crippen molar-refractivity contribution in [3.05, 3.63) is 118 Å². The molecule has 0 N–H and O–H groups in total. The summed E-state index contributed by atoms with van der Waals surface area (Å²) in [7, 11) is 0. The van der Waals surface area contributed by atoms with Gasteiger partial charge in [-0.3, -0.25) is 0 Å². The van der Waals surface area contributed by atoms with Gasteiger partial charge in [-0.25, -0.2) is 19.6 Å². The fourth-order valence-electron chi connectivity index (χ4n) is 4.85. The van der Waals surface area contributed by atoms with Crippen LogP contribution >= 0.6 is 0 Å². The van der Waals surface area contributed by atoms with E-state index < -0.39 is 11.9 Å². The number of cyclic esters (lactones) is 2. The SMILES string of the molecule is CC(/C=C1\N=C(c2ccc3c(c2)OCO3)OC1=O)=C\c1ccc(/C=C(C)/C=C2\N=C(c3ccc4c(c3)OCO4)OC2=O)cc1. The molecular formula is C34H24N2O8. The molecule has 0 aliphatic carbocycles. The zero-order valence-electron chi connectivity index (χ0n) is 23.7. The second-order valence-electron chi connectivity index (χ2n) is 10.3. The number of allylic oxidation sites excluding steroid dienone is 4. The summed E-state index contributed by atoms with van der Waals surface area (Å²) in [6, 6.07) is 18.4. The van der Waals surface area contributed by atoms with Crippen molar-refractivity contribution in [3.8, 4) is 23.0 Å². The molecule has 0 unspecified atom stereocenters. The normalized spacial score (nSPS) is 19.0. The van der Waals surface area contributed by atoms with Crippen LogP contribution in [0.5, 0.6) is 23.0 Å². The molecule has 0 radical (unpaired) electrons. The average Bonchev–Trinajstić information content (AvgIpc) is 3.81. The Hall–Kier alpha value is -5.90. The number of nitrogens with zero attached hydrogens (tertiary/aromatic N) is 2. The van der Waals surface area contributed by atoms with Gasteiger partial charge in [0.1, 0.15) is 0 Å². The van der Waals surface area contributed by atoms with Crippen molar-refractivity contribution in [1.29, 1.82) is 0 Å². The van der Waals surface area contributed by atoms with Crippen LogP contribution < -0.4 is 18.9 Å². The van der Waals surface area contributed by atoms with Gasteiger partial charge in [0.05, 0.1) is 0 Å². The quantitative estimate of drug-likeness (QED) is 0.265. The van der Waals surface area contributed by atoms with Gasteiger partial charge in [0.2, 0.25) is 25.4 Å². The van der Waals surface area contributed by atoms with Crippen molar-refractivity contribution in [2.75, 3.05) is 13.6 Å². The second-order valence-corrected chi connectivity index (χ2v) is 10.3. The van der Waals surface area contributed by atoms with Crippen molar-refractivity contribution in [3.63, 3.8) is 0 Å². The molecule has 4 aliphatic heterocycles. The van der Waals surface area contributed by atoms with E-state index in [4.69, 9.17) is 28.4 Å². The maximum atomic E-state index is 12.5. The van der Waals surface area contributed by atoms with Crippen molar-refractivity contribution < 1.29 is 38.0 Å². The third kappa shape index (κ3) is 5.48. The minimum absolute atomic E-state index is 0.158. The van der Waals surface area contributed by atoms with Crippen LogP contribution in [0.3, 0.4) is 0 Å². The monoisotopic (exact) mass is 588 g/mol. The topological polar surface area (TPSA) is 114 Å². The summed E-state index contributed by atoms with van der Waals surface area (Å²) in [6.45, 7) is 4.09. The number of rotatable bonds is 6. The van der Waals surface area contributed by atoms with E-state index in [9.17, 15) is 9.59 Å². The highest BCUT2D eigenvalue weighted by atomic mass is 16.7. The lowest BCUT2D eigenvalue weighted by atomic mass is 10.1. The molecule has 10 nitrogen and oxygen atoms in total. The molecule has 0 atom stereocenters. The van der Waals surface area contributed by atoms with Crippen molar-refractivity contribution in [1.82, 2.24) is 0 Å². The molecular weight excluding hydrogens is 564 g/mol. The molecule has 3 aromatic rings. The Bertz CT molecular complexity index is 1770. The number of aliphatic imine (C=N–C) groups is 2. The average molecular weight is 589 g/mol. The smallest absolute Gasteiger partial charge is 0.363 e. The standard InChI is InChI=1S/C34H24N2O8/c1-19(13-25-33(37)43-31(35-25)23-7-9-27-29(15-23)41-17-39-27)11-21-3-5-22(6-4-21)12-20(2)14-26-34(38)44-32(36-26)24-8-10-28-30(16-24)42-18-40-28/h3-16H,17-18H2,1-2H3/b19-11+,20-12+,25-13-,26-14-. The van der Waals surface area contributed by atoms with Crippen molar-refractivity contribution >= 4 is 35.9 Å². The van der Waals surface area contributed by atoms with Crippen LogP contribution in [-0.2, 0) is 19.1 Å². The van der Waals surface area contributed by atoms with Gasteiger partial charge in [-0.05, 0) is 84.7 Å². The number of hydrogen-bond acceptors (Lipinski definition) is 10. The molecule has 3 aromatic carbocycles. The van der Waals surface area contributed by atoms with Crippen LogP contribution in [0.25, 0.3) is 12.2 Å². The van der Waals surface area contributed by atoms with Gasteiger partial charge in [0.15, 0.2) is 34.4 Å². The van der Waals surface area contributed by atoms with Gasteiger partial charge in [-0.1, -0.05) is 36.4 Å². The number of esters is 2. The maximum absolute atomic E-state index is 12.5. The second kappa shape index (κ2) is 11.1. The third-order valence-corrected chi connectivity index (χ3v) is 6.93. The van der Waals surface area contributed by atoms with Gasteiger partial charge >= 0.3 is 11.9 Å². The Morgan fingerprint density at radius 3 is 1.43 bits per heavy atom. The number of carbonyl (C=O) groups excluding carboxylic acids is 2. The summed E-state index contributed by atoms with van der Waals surface area (Å²) in [5, 5.41) is 0. The molecule has 4 heterocycles. The number of benzene rings is 3. The van der Waals surface area contributed by atoms with Crippen LogP contribution in [0.4, 0.5) is 0 Å². The summed E-state index contributed by atoms with van der Waals surface area (Å²) in [4.78, 5) is 33.7. The zero-order valence-corrected chi connectivity index (χ0v) is 23.7. The van der Waals surface area contributed by atoms with Gasteiger partial charge in [-0.2, -0.15) is 0 Å². The van der Waals surface area contributed by atoms with E-state index in [-0.39, 0.29) is 36.8 Å². The maximum Gasteiger partial charge on any atom is 0.363 e. The Kier molecular flexibility index (Phi) is 6.78. The van der Waals surface area contributed by atoms with Crippen molar-refractivity contribution in [2.45, 2.75) is 13.8 Å². The summed E-state index contributed by atoms with van der Waals surface area (Å²) >= 11 is 0. The van der Waals surface area contributed by atoms with Crippen LogP contribution in [0.2, 0.25) is 0 Å². The first kappa shape index (κ1) is 27.0. The Morgan fingerprint density at radius 1 is 0.591 bits per heavy atom. The first-order valence-electron chi connectivity index (χ1n) is 13.7. The van der Waals surface area contributed by atoms with Crippen LogP contribution in [-0.4, -0.2) is 37.3 Å². The highest BCUT2D eigenvalue weighted by Crippen LogP contribution is 2.35. The molecule has 0 amide bonds.